The fourth-order valence-electron chi connectivity index (χ4n) is 2.35. The monoisotopic (exact) mass is 288 g/mol. The van der Waals surface area contributed by atoms with Gasteiger partial charge in [-0.3, -0.25) is 4.79 Å². The van der Waals surface area contributed by atoms with E-state index in [0.717, 1.165) is 12.8 Å². The van der Waals surface area contributed by atoms with Gasteiger partial charge in [-0.2, -0.15) is 0 Å². The maximum absolute atomic E-state index is 12.1. The van der Waals surface area contributed by atoms with E-state index in [4.69, 9.17) is 9.84 Å². The Kier molecular flexibility index (Phi) is 6.20. The van der Waals surface area contributed by atoms with Crippen LogP contribution in [0.5, 0.6) is 0 Å². The molecule has 0 aromatic carbocycles. The van der Waals surface area contributed by atoms with Gasteiger partial charge in [-0.15, -0.1) is 0 Å². The van der Waals surface area contributed by atoms with E-state index in [0.29, 0.717) is 24.8 Å². The van der Waals surface area contributed by atoms with Crippen LogP contribution >= 0.6 is 0 Å². The zero-order chi connectivity index (χ0) is 14.9. The van der Waals surface area contributed by atoms with Crippen LogP contribution < -0.4 is 5.32 Å². The number of amides is 1. The number of nitrogens with one attached hydrogen (secondary N) is 1. The molecule has 0 aliphatic heterocycles. The van der Waals surface area contributed by atoms with Gasteiger partial charge >= 0.3 is 0 Å². The molecular formula is C16H20N2O3. The van der Waals surface area contributed by atoms with Crippen LogP contribution in [0.3, 0.4) is 0 Å². The van der Waals surface area contributed by atoms with Crippen molar-refractivity contribution in [1.82, 2.24) is 10.3 Å². The molecule has 1 aromatic heterocycles. The van der Waals surface area contributed by atoms with Gasteiger partial charge < -0.3 is 15.2 Å². The summed E-state index contributed by atoms with van der Waals surface area (Å²) in [5.41, 5.74) is 0.792. The third-order valence-electron chi connectivity index (χ3n) is 3.37. The van der Waals surface area contributed by atoms with Crippen LogP contribution in [0.1, 0.15) is 41.7 Å². The Bertz CT molecular complexity index is 528. The highest BCUT2D eigenvalue weighted by atomic mass is 16.5. The lowest BCUT2D eigenvalue weighted by atomic mass is 10.2. The Labute approximate surface area is 124 Å². The molecule has 2 rings (SSSR count). The zero-order valence-corrected chi connectivity index (χ0v) is 12.0. The molecule has 2 N–H and O–H groups in total. The molecule has 1 aromatic rings. The lowest BCUT2D eigenvalue weighted by Gasteiger charge is -2.11. The van der Waals surface area contributed by atoms with Crippen LogP contribution in [0, 0.1) is 11.8 Å². The Morgan fingerprint density at radius 3 is 3.05 bits per heavy atom. The molecule has 1 heterocycles. The lowest BCUT2D eigenvalue weighted by molar-refractivity contribution is 0.0581. The second-order valence-corrected chi connectivity index (χ2v) is 4.89. The smallest absolute Gasteiger partial charge is 0.271 e. The van der Waals surface area contributed by atoms with Gasteiger partial charge in [-0.1, -0.05) is 24.7 Å². The summed E-state index contributed by atoms with van der Waals surface area (Å²) in [7, 11) is 0. The van der Waals surface area contributed by atoms with Crippen LogP contribution in [-0.4, -0.2) is 41.9 Å². The molecular weight excluding hydrogens is 268 g/mol. The summed E-state index contributed by atoms with van der Waals surface area (Å²) < 4.78 is 5.69. The predicted molar refractivity (Wildman–Crippen MR) is 78.7 cm³/mol. The lowest BCUT2D eigenvalue weighted by Crippen LogP contribution is -2.29. The van der Waals surface area contributed by atoms with E-state index in [1.807, 2.05) is 0 Å². The van der Waals surface area contributed by atoms with Gasteiger partial charge in [0.1, 0.15) is 12.3 Å². The number of nitrogens with zero attached hydrogens (tertiary/aromatic N) is 1. The van der Waals surface area contributed by atoms with Crippen molar-refractivity contribution >= 4 is 5.91 Å². The molecule has 0 unspecified atom stereocenters. The van der Waals surface area contributed by atoms with Gasteiger partial charge in [-0.25, -0.2) is 4.98 Å². The third-order valence-corrected chi connectivity index (χ3v) is 3.37. The van der Waals surface area contributed by atoms with Crippen molar-refractivity contribution in [2.24, 2.45) is 0 Å². The normalized spacial score (nSPS) is 14.5. The number of aliphatic hydroxyl groups is 1. The molecule has 5 heteroatoms. The highest BCUT2D eigenvalue weighted by molar-refractivity contribution is 5.94. The standard InChI is InChI=1S/C16H20N2O3/c19-11-4-6-13-5-3-9-17-15(13)16(20)18-10-12-21-14-7-1-2-8-14/h3,5,9,14,19H,1-2,7-8,10-12H2,(H,18,20). The minimum Gasteiger partial charge on any atom is -0.384 e. The summed E-state index contributed by atoms with van der Waals surface area (Å²) in [6.45, 7) is 0.727. The molecule has 5 nitrogen and oxygen atoms in total. The average molecular weight is 288 g/mol. The summed E-state index contributed by atoms with van der Waals surface area (Å²) >= 11 is 0. The Balaban J connectivity index is 1.82. The number of ether oxygens (including phenoxy) is 1. The van der Waals surface area contributed by atoms with Crippen LogP contribution in [0.4, 0.5) is 0 Å². The van der Waals surface area contributed by atoms with E-state index in [1.54, 1.807) is 18.3 Å². The zero-order valence-electron chi connectivity index (χ0n) is 12.0. The summed E-state index contributed by atoms with van der Waals surface area (Å²) in [5, 5.41) is 11.5. The van der Waals surface area contributed by atoms with Gasteiger partial charge in [-0.05, 0) is 25.0 Å². The van der Waals surface area contributed by atoms with Gasteiger partial charge in [0, 0.05) is 12.7 Å². The van der Waals surface area contributed by atoms with E-state index in [1.165, 1.54) is 12.8 Å². The average Bonchev–Trinajstić information content (AvgIpc) is 3.03. The van der Waals surface area contributed by atoms with E-state index in [9.17, 15) is 4.79 Å². The Morgan fingerprint density at radius 1 is 1.48 bits per heavy atom. The second-order valence-electron chi connectivity index (χ2n) is 4.89. The molecule has 0 bridgehead atoms. The molecule has 1 aliphatic rings. The first-order valence-corrected chi connectivity index (χ1v) is 7.26. The van der Waals surface area contributed by atoms with Crippen molar-refractivity contribution in [2.75, 3.05) is 19.8 Å². The first-order valence-electron chi connectivity index (χ1n) is 7.26. The molecule has 0 radical (unpaired) electrons. The van der Waals surface area contributed by atoms with Crippen molar-refractivity contribution in [1.29, 1.82) is 0 Å². The van der Waals surface area contributed by atoms with Crippen LogP contribution in [0.25, 0.3) is 0 Å². The summed E-state index contributed by atoms with van der Waals surface area (Å²) in [5.74, 6) is 4.98. The van der Waals surface area contributed by atoms with Gasteiger partial charge in [0.05, 0.1) is 18.3 Å². The van der Waals surface area contributed by atoms with E-state index in [-0.39, 0.29) is 18.2 Å². The molecule has 21 heavy (non-hydrogen) atoms. The fraction of sp³-hybridized carbons (Fsp3) is 0.500. The number of carbonyl (C=O) groups excluding carboxylic acids is 1. The second kappa shape index (κ2) is 8.40. The quantitative estimate of drug-likeness (QED) is 0.629. The van der Waals surface area contributed by atoms with E-state index >= 15 is 0 Å². The van der Waals surface area contributed by atoms with E-state index in [2.05, 4.69) is 22.1 Å². The first kappa shape index (κ1) is 15.5. The van der Waals surface area contributed by atoms with Crippen LogP contribution in [0.15, 0.2) is 18.3 Å². The van der Waals surface area contributed by atoms with Gasteiger partial charge in [0.25, 0.3) is 5.91 Å². The highest BCUT2D eigenvalue weighted by Crippen LogP contribution is 2.20. The van der Waals surface area contributed by atoms with Crippen LogP contribution in [0.2, 0.25) is 0 Å². The number of aliphatic hydroxyl groups excluding tert-OH is 1. The van der Waals surface area contributed by atoms with Gasteiger partial charge in [0.2, 0.25) is 0 Å². The molecule has 1 aliphatic carbocycles. The molecule has 1 saturated carbocycles. The predicted octanol–water partition coefficient (Wildman–Crippen LogP) is 1.11. The van der Waals surface area contributed by atoms with Crippen LogP contribution in [-0.2, 0) is 4.74 Å². The fourth-order valence-corrected chi connectivity index (χ4v) is 2.35. The SMILES string of the molecule is O=C(NCCOC1CCCC1)c1ncccc1C#CCO. The summed E-state index contributed by atoms with van der Waals surface area (Å²) in [6, 6.07) is 3.42. The molecule has 0 saturated heterocycles. The minimum atomic E-state index is -0.270. The maximum atomic E-state index is 12.1. The molecule has 0 atom stereocenters. The molecule has 1 amide bonds. The minimum absolute atomic E-state index is 0.245. The number of rotatable bonds is 5. The van der Waals surface area contributed by atoms with Crippen molar-refractivity contribution in [3.63, 3.8) is 0 Å². The van der Waals surface area contributed by atoms with Crippen molar-refractivity contribution in [3.8, 4) is 11.8 Å². The molecule has 1 fully saturated rings. The van der Waals surface area contributed by atoms with E-state index < -0.39 is 0 Å². The van der Waals surface area contributed by atoms with Gasteiger partial charge in [0.15, 0.2) is 0 Å². The number of pyridine rings is 1. The first-order chi connectivity index (χ1) is 10.3. The number of hydrogen-bond donors (Lipinski definition) is 2. The maximum Gasteiger partial charge on any atom is 0.271 e. The van der Waals surface area contributed by atoms with Crippen molar-refractivity contribution in [2.45, 2.75) is 31.8 Å². The largest absolute Gasteiger partial charge is 0.384 e. The van der Waals surface area contributed by atoms with Crippen molar-refractivity contribution in [3.05, 3.63) is 29.6 Å². The Morgan fingerprint density at radius 2 is 2.29 bits per heavy atom. The molecule has 0 spiro atoms. The number of hydrogen-bond acceptors (Lipinski definition) is 4. The number of aromatic nitrogens is 1. The summed E-state index contributed by atoms with van der Waals surface area (Å²) in [4.78, 5) is 16.1. The van der Waals surface area contributed by atoms with Crippen molar-refractivity contribution < 1.29 is 14.6 Å². The third kappa shape index (κ3) is 4.85. The Hall–Kier alpha value is -1.90. The number of carbonyl (C=O) groups is 1. The highest BCUT2D eigenvalue weighted by Gasteiger charge is 2.15. The topological polar surface area (TPSA) is 71.5 Å². The molecule has 112 valence electrons. The summed E-state index contributed by atoms with van der Waals surface area (Å²) in [6.07, 6.45) is 6.61.